The molecule has 0 bridgehead atoms. The molecule has 0 radical (unpaired) electrons. The lowest BCUT2D eigenvalue weighted by molar-refractivity contribution is 0.140. The Morgan fingerprint density at radius 3 is 1.43 bits per heavy atom. The molecule has 0 aliphatic carbocycles. The number of hydrogen-bond acceptors (Lipinski definition) is 3. The smallest absolute Gasteiger partial charge is 0.325 e. The monoisotopic (exact) mass is 248 g/mol. The molecular weight excluding hydrogens is 234 g/mol. The van der Waals surface area contributed by atoms with Gasteiger partial charge in [-0.2, -0.15) is 0 Å². The fourth-order valence-electron chi connectivity index (χ4n) is 0.974. The van der Waals surface area contributed by atoms with Crippen LogP contribution in [0.4, 0.5) is 0 Å². The molecule has 0 amide bonds. The van der Waals surface area contributed by atoms with Crippen LogP contribution in [0.25, 0.3) is 0 Å². The van der Waals surface area contributed by atoms with Crippen LogP contribution in [0.15, 0.2) is 0 Å². The fraction of sp³-hybridized carbons (Fsp3) is 1.00. The summed E-state index contributed by atoms with van der Waals surface area (Å²) in [5.41, 5.74) is 0. The zero-order chi connectivity index (χ0) is 11.6. The predicted octanol–water partition coefficient (Wildman–Crippen LogP) is -0.661. The highest BCUT2D eigenvalue weighted by atomic mass is 31.2. The summed E-state index contributed by atoms with van der Waals surface area (Å²) in [4.78, 5) is 34.3. The van der Waals surface area contributed by atoms with Crippen LogP contribution in [0, 0.1) is 5.92 Å². The van der Waals surface area contributed by atoms with Crippen molar-refractivity contribution in [3.05, 3.63) is 0 Å². The summed E-state index contributed by atoms with van der Waals surface area (Å²) in [6.07, 6.45) is -2.62. The molecule has 5 N–H and O–H groups in total. The average molecular weight is 248 g/mol. The minimum atomic E-state index is -4.37. The lowest BCUT2D eigenvalue weighted by Crippen LogP contribution is -2.24. The molecule has 0 saturated carbocycles. The van der Waals surface area contributed by atoms with E-state index in [4.69, 9.17) is 24.7 Å². The summed E-state index contributed by atoms with van der Waals surface area (Å²) in [6.45, 7) is 1.23. The van der Waals surface area contributed by atoms with Crippen molar-refractivity contribution in [2.45, 2.75) is 13.0 Å². The van der Waals surface area contributed by atoms with E-state index in [9.17, 15) is 9.13 Å². The van der Waals surface area contributed by atoms with Gasteiger partial charge in [0.25, 0.3) is 0 Å². The van der Waals surface area contributed by atoms with Crippen molar-refractivity contribution < 1.29 is 33.8 Å². The highest BCUT2D eigenvalue weighted by Crippen LogP contribution is 2.44. The van der Waals surface area contributed by atoms with E-state index in [0.29, 0.717) is 0 Å². The van der Waals surface area contributed by atoms with Crippen molar-refractivity contribution in [1.29, 1.82) is 0 Å². The largest absolute Gasteiger partial charge is 0.393 e. The zero-order valence-electron chi connectivity index (χ0n) is 7.52. The Morgan fingerprint density at radius 1 is 1.00 bits per heavy atom. The molecule has 0 fully saturated rings. The Balaban J connectivity index is 4.48. The summed E-state index contributed by atoms with van der Waals surface area (Å²) < 4.78 is 21.1. The van der Waals surface area contributed by atoms with E-state index in [1.165, 1.54) is 6.92 Å². The maximum atomic E-state index is 10.6. The highest BCUT2D eigenvalue weighted by Gasteiger charge is 2.30. The SMILES string of the molecule is CC(O)C(CP(=O)(O)O)CP(=O)(O)O. The van der Waals surface area contributed by atoms with Crippen LogP contribution >= 0.6 is 15.2 Å². The molecule has 1 atom stereocenters. The van der Waals surface area contributed by atoms with Crippen LogP contribution in [0.1, 0.15) is 6.92 Å². The first-order valence-corrected chi connectivity index (χ1v) is 7.38. The summed E-state index contributed by atoms with van der Waals surface area (Å²) in [7, 11) is -8.73. The second-order valence-electron chi connectivity index (χ2n) is 3.20. The predicted molar refractivity (Wildman–Crippen MR) is 49.0 cm³/mol. The van der Waals surface area contributed by atoms with Crippen molar-refractivity contribution in [3.8, 4) is 0 Å². The fourth-order valence-corrected chi connectivity index (χ4v) is 3.27. The van der Waals surface area contributed by atoms with Crippen molar-refractivity contribution >= 4 is 15.2 Å². The van der Waals surface area contributed by atoms with E-state index in [1.54, 1.807) is 0 Å². The third-order valence-electron chi connectivity index (χ3n) is 1.63. The first-order chi connectivity index (χ1) is 6.01. The normalized spacial score (nSPS) is 15.9. The van der Waals surface area contributed by atoms with Gasteiger partial charge in [0, 0.05) is 5.92 Å². The Morgan fingerprint density at radius 2 is 1.29 bits per heavy atom. The quantitative estimate of drug-likeness (QED) is 0.407. The van der Waals surface area contributed by atoms with Crippen LogP contribution in [-0.2, 0) is 9.13 Å². The molecule has 0 saturated heterocycles. The van der Waals surface area contributed by atoms with Gasteiger partial charge in [-0.25, -0.2) is 0 Å². The van der Waals surface area contributed by atoms with Gasteiger partial charge in [0.05, 0.1) is 18.4 Å². The Hall–Kier alpha value is 0.260. The number of hydrogen-bond donors (Lipinski definition) is 5. The molecular formula is C5H14O7P2. The second kappa shape index (κ2) is 4.86. The third kappa shape index (κ3) is 7.64. The first-order valence-electron chi connectivity index (χ1n) is 3.78. The molecule has 1 unspecified atom stereocenters. The van der Waals surface area contributed by atoms with Crippen molar-refractivity contribution in [2.75, 3.05) is 12.3 Å². The molecule has 0 aromatic rings. The molecule has 0 heterocycles. The molecule has 0 rings (SSSR count). The minimum absolute atomic E-state index is 0.726. The van der Waals surface area contributed by atoms with E-state index in [-0.39, 0.29) is 0 Å². The molecule has 0 spiro atoms. The molecule has 7 nitrogen and oxygen atoms in total. The maximum absolute atomic E-state index is 10.6. The van der Waals surface area contributed by atoms with Gasteiger partial charge in [0.2, 0.25) is 0 Å². The van der Waals surface area contributed by atoms with E-state index >= 15 is 0 Å². The molecule has 14 heavy (non-hydrogen) atoms. The summed E-state index contributed by atoms with van der Waals surface area (Å²) in [5.74, 6) is -1.10. The Bertz CT molecular complexity index is 239. The van der Waals surface area contributed by atoms with Crippen molar-refractivity contribution in [3.63, 3.8) is 0 Å². The van der Waals surface area contributed by atoms with Gasteiger partial charge >= 0.3 is 15.2 Å². The summed E-state index contributed by atoms with van der Waals surface area (Å²) in [6, 6.07) is 0. The van der Waals surface area contributed by atoms with Gasteiger partial charge in [-0.15, -0.1) is 0 Å². The number of aliphatic hydroxyl groups is 1. The van der Waals surface area contributed by atoms with Crippen molar-refractivity contribution in [2.24, 2.45) is 5.92 Å². The van der Waals surface area contributed by atoms with Gasteiger partial charge in [0.15, 0.2) is 0 Å². The standard InChI is InChI=1S/C5H14O7P2/c1-4(6)5(2-13(7,8)9)3-14(10,11)12/h4-6H,2-3H2,1H3,(H2,7,8,9)(H2,10,11,12). The van der Waals surface area contributed by atoms with E-state index in [0.717, 1.165) is 0 Å². The summed E-state index contributed by atoms with van der Waals surface area (Å²) in [5, 5.41) is 9.05. The molecule has 0 aliphatic heterocycles. The van der Waals surface area contributed by atoms with Crippen LogP contribution in [0.3, 0.4) is 0 Å². The van der Waals surface area contributed by atoms with E-state index in [2.05, 4.69) is 0 Å². The Kier molecular flexibility index (Phi) is 4.95. The lowest BCUT2D eigenvalue weighted by atomic mass is 10.1. The second-order valence-corrected chi connectivity index (χ2v) is 6.58. The molecule has 0 aromatic heterocycles. The Labute approximate surface area is 81.1 Å². The molecule has 86 valence electrons. The van der Waals surface area contributed by atoms with Crippen LogP contribution in [-0.4, -0.2) is 43.1 Å². The van der Waals surface area contributed by atoms with Gasteiger partial charge in [-0.3, -0.25) is 9.13 Å². The maximum Gasteiger partial charge on any atom is 0.325 e. The van der Waals surface area contributed by atoms with Crippen LogP contribution < -0.4 is 0 Å². The molecule has 0 aromatic carbocycles. The lowest BCUT2D eigenvalue weighted by Gasteiger charge is -2.20. The zero-order valence-corrected chi connectivity index (χ0v) is 9.30. The number of aliphatic hydroxyl groups excluding tert-OH is 1. The average Bonchev–Trinajstić information content (AvgIpc) is 1.78. The van der Waals surface area contributed by atoms with E-state index < -0.39 is 39.5 Å². The molecule has 0 aliphatic rings. The molecule has 9 heteroatoms. The number of rotatable bonds is 5. The highest BCUT2D eigenvalue weighted by molar-refractivity contribution is 7.52. The first kappa shape index (κ1) is 14.3. The van der Waals surface area contributed by atoms with Gasteiger partial charge in [0.1, 0.15) is 0 Å². The minimum Gasteiger partial charge on any atom is -0.393 e. The van der Waals surface area contributed by atoms with Crippen LogP contribution in [0.2, 0.25) is 0 Å². The third-order valence-corrected chi connectivity index (χ3v) is 3.52. The van der Waals surface area contributed by atoms with Crippen molar-refractivity contribution in [1.82, 2.24) is 0 Å². The topological polar surface area (TPSA) is 135 Å². The van der Waals surface area contributed by atoms with Gasteiger partial charge < -0.3 is 24.7 Å². The summed E-state index contributed by atoms with van der Waals surface area (Å²) >= 11 is 0. The van der Waals surface area contributed by atoms with Gasteiger partial charge in [-0.1, -0.05) is 0 Å². The van der Waals surface area contributed by atoms with E-state index in [1.807, 2.05) is 0 Å². The van der Waals surface area contributed by atoms with Crippen LogP contribution in [0.5, 0.6) is 0 Å². The van der Waals surface area contributed by atoms with Gasteiger partial charge in [-0.05, 0) is 6.92 Å².